The number of para-hydroxylation sites is 1. The van der Waals surface area contributed by atoms with Crippen molar-refractivity contribution in [2.45, 2.75) is 31.7 Å². The predicted octanol–water partition coefficient (Wildman–Crippen LogP) is 5.76. The number of aliphatic carboxylic acids is 1. The maximum absolute atomic E-state index is 10.7. The van der Waals surface area contributed by atoms with Gasteiger partial charge in [0, 0.05) is 23.5 Å². The smallest absolute Gasteiger partial charge is 0.303 e. The van der Waals surface area contributed by atoms with Gasteiger partial charge in [-0.15, -0.1) is 0 Å². The first-order valence-corrected chi connectivity index (χ1v) is 10.5. The minimum Gasteiger partial charge on any atom is -0.508 e. The highest BCUT2D eigenvalue weighted by Gasteiger charge is 2.35. The highest BCUT2D eigenvalue weighted by molar-refractivity contribution is 5.85. The van der Waals surface area contributed by atoms with Crippen LogP contribution in [0, 0.1) is 5.92 Å². The Hall–Kier alpha value is -3.15. The second-order valence-electron chi connectivity index (χ2n) is 7.75. The van der Waals surface area contributed by atoms with Gasteiger partial charge in [0.15, 0.2) is 6.29 Å². The second kappa shape index (κ2) is 9.77. The molecule has 1 fully saturated rings. The van der Waals surface area contributed by atoms with E-state index in [2.05, 4.69) is 18.2 Å². The number of hydrogen-bond acceptors (Lipinski definition) is 4. The molecule has 5 nitrogen and oxygen atoms in total. The van der Waals surface area contributed by atoms with Gasteiger partial charge in [-0.1, -0.05) is 72.8 Å². The van der Waals surface area contributed by atoms with Crippen molar-refractivity contribution in [2.24, 2.45) is 5.92 Å². The third-order valence-electron chi connectivity index (χ3n) is 5.61. The van der Waals surface area contributed by atoms with Gasteiger partial charge in [-0.3, -0.25) is 4.79 Å². The van der Waals surface area contributed by atoms with Crippen molar-refractivity contribution in [3.8, 4) is 5.75 Å². The molecule has 1 saturated heterocycles. The number of hydrogen-bond donors (Lipinski definition) is 2. The van der Waals surface area contributed by atoms with Crippen LogP contribution in [0.15, 0.2) is 78.9 Å². The molecule has 2 N–H and O–H groups in total. The number of allylic oxidation sites excluding steroid dienone is 2. The van der Waals surface area contributed by atoms with Crippen LogP contribution < -0.4 is 0 Å². The Kier molecular flexibility index (Phi) is 6.65. The maximum Gasteiger partial charge on any atom is 0.303 e. The van der Waals surface area contributed by atoms with Gasteiger partial charge in [-0.05, 0) is 29.7 Å². The van der Waals surface area contributed by atoms with E-state index in [0.717, 1.165) is 21.9 Å². The van der Waals surface area contributed by atoms with E-state index < -0.39 is 12.3 Å². The van der Waals surface area contributed by atoms with Crippen molar-refractivity contribution in [1.29, 1.82) is 0 Å². The van der Waals surface area contributed by atoms with Crippen LogP contribution in [-0.2, 0) is 14.3 Å². The molecule has 0 radical (unpaired) electrons. The number of aromatic hydroxyl groups is 1. The van der Waals surface area contributed by atoms with E-state index >= 15 is 0 Å². The number of rotatable bonds is 7. The number of phenols is 1. The fraction of sp³-hybridized carbons (Fsp3) is 0.269. The van der Waals surface area contributed by atoms with Crippen LogP contribution in [0.1, 0.15) is 42.8 Å². The summed E-state index contributed by atoms with van der Waals surface area (Å²) < 4.78 is 12.6. The van der Waals surface area contributed by atoms with Crippen LogP contribution in [0.3, 0.4) is 0 Å². The summed E-state index contributed by atoms with van der Waals surface area (Å²) in [6.07, 6.45) is 4.24. The summed E-state index contributed by atoms with van der Waals surface area (Å²) in [6, 6.07) is 21.4. The van der Waals surface area contributed by atoms with Crippen molar-refractivity contribution in [2.75, 3.05) is 6.61 Å². The Morgan fingerprint density at radius 2 is 1.71 bits per heavy atom. The van der Waals surface area contributed by atoms with Gasteiger partial charge < -0.3 is 19.7 Å². The fourth-order valence-corrected chi connectivity index (χ4v) is 4.04. The summed E-state index contributed by atoms with van der Waals surface area (Å²) >= 11 is 0. The van der Waals surface area contributed by atoms with E-state index in [9.17, 15) is 9.90 Å². The molecule has 0 saturated carbocycles. The number of carboxylic acid groups (broad SMARTS) is 1. The fourth-order valence-electron chi connectivity index (χ4n) is 4.04. The molecule has 3 aromatic carbocycles. The molecule has 0 spiro atoms. The molecular formula is C26H26O5. The Morgan fingerprint density at radius 3 is 2.55 bits per heavy atom. The molecule has 1 aliphatic heterocycles. The molecule has 160 valence electrons. The van der Waals surface area contributed by atoms with Crippen molar-refractivity contribution < 1.29 is 24.5 Å². The first kappa shape index (κ1) is 21.1. The average Bonchev–Trinajstić information content (AvgIpc) is 2.79. The number of fused-ring (bicyclic) bond motifs is 1. The molecule has 0 aliphatic carbocycles. The molecule has 3 atom stereocenters. The van der Waals surface area contributed by atoms with E-state index in [-0.39, 0.29) is 24.2 Å². The summed E-state index contributed by atoms with van der Waals surface area (Å²) in [5.74, 6) is -0.606. The average molecular weight is 418 g/mol. The summed E-state index contributed by atoms with van der Waals surface area (Å²) in [5, 5.41) is 21.5. The lowest BCUT2D eigenvalue weighted by molar-refractivity contribution is -0.243. The monoisotopic (exact) mass is 418 g/mol. The quantitative estimate of drug-likeness (QED) is 0.477. The molecule has 0 bridgehead atoms. The Balaban J connectivity index is 1.58. The molecule has 0 amide bonds. The summed E-state index contributed by atoms with van der Waals surface area (Å²) in [4.78, 5) is 10.7. The Labute approximate surface area is 181 Å². The van der Waals surface area contributed by atoms with Gasteiger partial charge in [0.25, 0.3) is 0 Å². The molecule has 3 aromatic rings. The Bertz CT molecular complexity index is 1070. The van der Waals surface area contributed by atoms with E-state index in [0.29, 0.717) is 19.4 Å². The first-order valence-electron chi connectivity index (χ1n) is 10.5. The molecule has 1 heterocycles. The molecule has 1 aliphatic rings. The summed E-state index contributed by atoms with van der Waals surface area (Å²) in [7, 11) is 0. The molecule has 1 unspecified atom stereocenters. The van der Waals surface area contributed by atoms with E-state index in [4.69, 9.17) is 14.6 Å². The van der Waals surface area contributed by atoms with Gasteiger partial charge in [0.1, 0.15) is 5.75 Å². The largest absolute Gasteiger partial charge is 0.508 e. The van der Waals surface area contributed by atoms with Crippen LogP contribution in [0.4, 0.5) is 0 Å². The number of carboxylic acids is 1. The lowest BCUT2D eigenvalue weighted by Crippen LogP contribution is -2.30. The number of phenolic OH excluding ortho intramolecular Hbond substituents is 1. The van der Waals surface area contributed by atoms with Gasteiger partial charge in [-0.25, -0.2) is 0 Å². The van der Waals surface area contributed by atoms with Gasteiger partial charge in [-0.2, -0.15) is 0 Å². The third kappa shape index (κ3) is 4.95. The standard InChI is InChI=1S/C26H26O5/c27-23-15-7-6-13-22(23)25-19(10-2-1-3-16-24(28)29)17-30-26(31-25)21-14-8-11-18-9-4-5-12-20(18)21/h1-2,4-9,11-15,19,25-27H,3,10,16-17H2,(H,28,29)/t19-,25+,26?/m1/s1. The van der Waals surface area contributed by atoms with Gasteiger partial charge in [0.05, 0.1) is 12.7 Å². The van der Waals surface area contributed by atoms with Crippen LogP contribution in [0.5, 0.6) is 5.75 Å². The van der Waals surface area contributed by atoms with Crippen LogP contribution in [0.25, 0.3) is 10.8 Å². The highest BCUT2D eigenvalue weighted by Crippen LogP contribution is 2.43. The SMILES string of the molecule is O=C(O)CCC=CC[C@@H]1COC(c2cccc3ccccc23)O[C@@H]1c1ccccc1O. The zero-order chi connectivity index (χ0) is 21.6. The van der Waals surface area contributed by atoms with E-state index in [1.807, 2.05) is 48.6 Å². The lowest BCUT2D eigenvalue weighted by Gasteiger charge is -2.37. The minimum atomic E-state index is -0.806. The third-order valence-corrected chi connectivity index (χ3v) is 5.61. The zero-order valence-electron chi connectivity index (χ0n) is 17.2. The molecule has 0 aromatic heterocycles. The summed E-state index contributed by atoms with van der Waals surface area (Å²) in [6.45, 7) is 0.468. The van der Waals surface area contributed by atoms with E-state index in [1.165, 1.54) is 0 Å². The number of benzene rings is 3. The molecular weight excluding hydrogens is 392 g/mol. The molecule has 5 heteroatoms. The molecule has 4 rings (SSSR count). The van der Waals surface area contributed by atoms with Crippen LogP contribution in [-0.4, -0.2) is 22.8 Å². The van der Waals surface area contributed by atoms with E-state index in [1.54, 1.807) is 12.1 Å². The van der Waals surface area contributed by atoms with Crippen molar-refractivity contribution >= 4 is 16.7 Å². The Morgan fingerprint density at radius 1 is 0.968 bits per heavy atom. The number of ether oxygens (including phenoxy) is 2. The lowest BCUT2D eigenvalue weighted by atomic mass is 9.91. The topological polar surface area (TPSA) is 76.0 Å². The van der Waals surface area contributed by atoms with Crippen molar-refractivity contribution in [3.05, 3.63) is 90.0 Å². The maximum atomic E-state index is 10.7. The van der Waals surface area contributed by atoms with Crippen molar-refractivity contribution in [1.82, 2.24) is 0 Å². The van der Waals surface area contributed by atoms with Gasteiger partial charge in [0.2, 0.25) is 0 Å². The number of carbonyl (C=O) groups is 1. The van der Waals surface area contributed by atoms with Crippen LogP contribution >= 0.6 is 0 Å². The molecule has 31 heavy (non-hydrogen) atoms. The normalized spacial score (nSPS) is 21.5. The predicted molar refractivity (Wildman–Crippen MR) is 119 cm³/mol. The van der Waals surface area contributed by atoms with Gasteiger partial charge >= 0.3 is 5.97 Å². The second-order valence-corrected chi connectivity index (χ2v) is 7.75. The zero-order valence-corrected chi connectivity index (χ0v) is 17.2. The minimum absolute atomic E-state index is 0.000560. The van der Waals surface area contributed by atoms with Crippen LogP contribution in [0.2, 0.25) is 0 Å². The summed E-state index contributed by atoms with van der Waals surface area (Å²) in [5.41, 5.74) is 1.70. The first-order chi connectivity index (χ1) is 15.1. The van der Waals surface area contributed by atoms with Crippen molar-refractivity contribution in [3.63, 3.8) is 0 Å². The highest BCUT2D eigenvalue weighted by atomic mass is 16.7.